The average molecular weight is 408 g/mol. The molecule has 1 aliphatic carbocycles. The third-order valence-electron chi connectivity index (χ3n) is 4.76. The van der Waals surface area contributed by atoms with E-state index >= 15 is 0 Å². The highest BCUT2D eigenvalue weighted by Crippen LogP contribution is 2.32. The highest BCUT2D eigenvalue weighted by Gasteiger charge is 2.28. The molecule has 3 rings (SSSR count). The number of nitrogens with zero attached hydrogens (tertiary/aromatic N) is 2. The minimum atomic E-state index is -0.235. The zero-order chi connectivity index (χ0) is 19.8. The molecule has 154 valence electrons. The molecule has 1 aromatic carbocycles. The van der Waals surface area contributed by atoms with Crippen molar-refractivity contribution in [1.29, 1.82) is 0 Å². The molecule has 0 bridgehead atoms. The Bertz CT molecular complexity index is 650. The number of hydrogen-bond donors (Lipinski definition) is 1. The maximum absolute atomic E-state index is 11.6. The van der Waals surface area contributed by atoms with Gasteiger partial charge in [0.2, 0.25) is 0 Å². The molecule has 1 saturated heterocycles. The van der Waals surface area contributed by atoms with Crippen molar-refractivity contribution in [2.24, 2.45) is 5.92 Å². The maximum Gasteiger partial charge on any atom is 0.317 e. The zero-order valence-electron chi connectivity index (χ0n) is 16.3. The summed E-state index contributed by atoms with van der Waals surface area (Å²) in [6, 6.07) is 8.02. The number of amides is 2. The van der Waals surface area contributed by atoms with Crippen LogP contribution in [-0.4, -0.2) is 74.1 Å². The lowest BCUT2D eigenvalue weighted by Crippen LogP contribution is -2.48. The number of carbonyl (C=O) groups is 2. The molecule has 0 atom stereocenters. The van der Waals surface area contributed by atoms with Crippen molar-refractivity contribution in [2.75, 3.05) is 46.4 Å². The van der Waals surface area contributed by atoms with Crippen LogP contribution in [0.5, 0.6) is 5.75 Å². The summed E-state index contributed by atoms with van der Waals surface area (Å²) >= 11 is 1.73. The van der Waals surface area contributed by atoms with Gasteiger partial charge in [0, 0.05) is 38.2 Å². The quantitative estimate of drug-likeness (QED) is 0.326. The Morgan fingerprint density at radius 2 is 2.21 bits per heavy atom. The second-order valence-electron chi connectivity index (χ2n) is 7.18. The third kappa shape index (κ3) is 6.68. The Hall–Kier alpha value is -1.77. The number of benzene rings is 1. The monoisotopic (exact) mass is 407 g/mol. The summed E-state index contributed by atoms with van der Waals surface area (Å²) < 4.78 is 14.0. The summed E-state index contributed by atoms with van der Waals surface area (Å²) in [4.78, 5) is 24.9. The molecule has 0 aromatic heterocycles. The van der Waals surface area contributed by atoms with Gasteiger partial charge in [-0.05, 0) is 55.3 Å². The Kier molecular flexibility index (Phi) is 8.00. The second-order valence-corrected chi connectivity index (χ2v) is 8.35. The van der Waals surface area contributed by atoms with E-state index in [1.807, 2.05) is 12.1 Å². The molecule has 1 aliphatic heterocycles. The minimum absolute atomic E-state index is 0.108. The number of aldehydes is 1. The lowest BCUT2D eigenvalue weighted by Gasteiger charge is -2.37. The first-order chi connectivity index (χ1) is 13.7. The van der Waals surface area contributed by atoms with Crippen LogP contribution in [-0.2, 0) is 9.53 Å². The van der Waals surface area contributed by atoms with Crippen LogP contribution in [0.25, 0.3) is 0 Å². The van der Waals surface area contributed by atoms with Crippen LogP contribution < -0.4 is 10.1 Å². The van der Waals surface area contributed by atoms with Gasteiger partial charge in [0.25, 0.3) is 0 Å². The predicted octanol–water partition coefficient (Wildman–Crippen LogP) is 2.41. The van der Waals surface area contributed by atoms with E-state index in [9.17, 15) is 9.59 Å². The second kappa shape index (κ2) is 10.7. The van der Waals surface area contributed by atoms with Crippen LogP contribution in [0, 0.1) is 5.92 Å². The van der Waals surface area contributed by atoms with Crippen molar-refractivity contribution >= 4 is 24.3 Å². The van der Waals surface area contributed by atoms with Gasteiger partial charge >= 0.3 is 6.03 Å². The van der Waals surface area contributed by atoms with Crippen LogP contribution in [0.1, 0.15) is 19.3 Å². The molecule has 1 aromatic rings. The molecule has 7 nitrogen and oxygen atoms in total. The number of nitrogens with one attached hydrogen (secondary N) is 1. The van der Waals surface area contributed by atoms with Crippen molar-refractivity contribution in [1.82, 2.24) is 14.5 Å². The molecule has 1 saturated carbocycles. The van der Waals surface area contributed by atoms with Crippen LogP contribution in [0.3, 0.4) is 0 Å². The summed E-state index contributed by atoms with van der Waals surface area (Å²) in [6.45, 7) is 3.79. The molecule has 2 fully saturated rings. The standard InChI is InChI=1S/C20H29N3O4S/c1-21-20(25)22(9-10-24)8-3-11-26-18-13-23(14-18)28-19-5-2-4-17(12-19)27-15-16-6-7-16/h2,4-5,10,12,16,18H,3,6-9,11,13-15H2,1H3,(H,21,25). The van der Waals surface area contributed by atoms with Gasteiger partial charge in [-0.3, -0.25) is 0 Å². The number of hydrogen-bond acceptors (Lipinski definition) is 6. The Balaban J connectivity index is 1.29. The van der Waals surface area contributed by atoms with Gasteiger partial charge in [-0.1, -0.05) is 6.07 Å². The fourth-order valence-electron chi connectivity index (χ4n) is 2.88. The van der Waals surface area contributed by atoms with E-state index < -0.39 is 0 Å². The van der Waals surface area contributed by atoms with Gasteiger partial charge in [0.05, 0.1) is 19.3 Å². The van der Waals surface area contributed by atoms with Gasteiger partial charge in [-0.2, -0.15) is 0 Å². The molecule has 28 heavy (non-hydrogen) atoms. The third-order valence-corrected chi connectivity index (χ3v) is 5.78. The fraction of sp³-hybridized carbons (Fsp3) is 0.600. The van der Waals surface area contributed by atoms with Crippen molar-refractivity contribution < 1.29 is 19.1 Å². The van der Waals surface area contributed by atoms with Gasteiger partial charge in [-0.25, -0.2) is 9.10 Å². The molecular weight excluding hydrogens is 378 g/mol. The fourth-order valence-corrected chi connectivity index (χ4v) is 3.97. The molecule has 2 aliphatic rings. The highest BCUT2D eigenvalue weighted by molar-refractivity contribution is 7.97. The van der Waals surface area contributed by atoms with E-state index in [0.717, 1.165) is 37.6 Å². The summed E-state index contributed by atoms with van der Waals surface area (Å²) in [5, 5.41) is 2.54. The Morgan fingerprint density at radius 1 is 1.39 bits per heavy atom. The van der Waals surface area contributed by atoms with E-state index in [1.165, 1.54) is 22.6 Å². The molecule has 0 spiro atoms. The molecule has 0 unspecified atom stereocenters. The Labute approximate surface area is 170 Å². The van der Waals surface area contributed by atoms with Crippen molar-refractivity contribution in [3.8, 4) is 5.75 Å². The smallest absolute Gasteiger partial charge is 0.317 e. The van der Waals surface area contributed by atoms with Crippen LogP contribution >= 0.6 is 11.9 Å². The molecule has 2 amide bonds. The largest absolute Gasteiger partial charge is 0.493 e. The van der Waals surface area contributed by atoms with E-state index in [2.05, 4.69) is 21.8 Å². The van der Waals surface area contributed by atoms with Crippen LogP contribution in [0.15, 0.2) is 29.2 Å². The lowest BCUT2D eigenvalue weighted by atomic mass is 10.2. The first kappa shape index (κ1) is 21.0. The first-order valence-corrected chi connectivity index (χ1v) is 10.6. The normalized spacial score (nSPS) is 17.0. The number of ether oxygens (including phenoxy) is 2. The number of urea groups is 1. The Morgan fingerprint density at radius 3 is 2.93 bits per heavy atom. The molecule has 0 radical (unpaired) electrons. The van der Waals surface area contributed by atoms with Gasteiger partial charge in [-0.15, -0.1) is 0 Å². The SMILES string of the molecule is CNC(=O)N(CC=O)CCCOC1CN(Sc2cccc(OCC3CC3)c2)C1. The summed E-state index contributed by atoms with van der Waals surface area (Å²) in [6.07, 6.45) is 4.27. The topological polar surface area (TPSA) is 71.1 Å². The highest BCUT2D eigenvalue weighted by atomic mass is 32.2. The molecular formula is C20H29N3O4S. The van der Waals surface area contributed by atoms with Gasteiger partial charge in [0.15, 0.2) is 0 Å². The number of carbonyl (C=O) groups excluding carboxylic acids is 2. The lowest BCUT2D eigenvalue weighted by molar-refractivity contribution is -0.108. The minimum Gasteiger partial charge on any atom is -0.493 e. The average Bonchev–Trinajstić information content (AvgIpc) is 3.50. The van der Waals surface area contributed by atoms with E-state index in [4.69, 9.17) is 9.47 Å². The van der Waals surface area contributed by atoms with Crippen molar-refractivity contribution in [3.05, 3.63) is 24.3 Å². The van der Waals surface area contributed by atoms with Crippen molar-refractivity contribution in [2.45, 2.75) is 30.3 Å². The molecule has 1 N–H and O–H groups in total. The van der Waals surface area contributed by atoms with Gasteiger partial charge in [0.1, 0.15) is 12.0 Å². The summed E-state index contributed by atoms with van der Waals surface area (Å²) in [7, 11) is 1.56. The molecule has 8 heteroatoms. The summed E-state index contributed by atoms with van der Waals surface area (Å²) in [5.41, 5.74) is 0. The molecule has 1 heterocycles. The first-order valence-electron chi connectivity index (χ1n) is 9.85. The van der Waals surface area contributed by atoms with Crippen LogP contribution in [0.2, 0.25) is 0 Å². The number of rotatable bonds is 12. The van der Waals surface area contributed by atoms with E-state index in [1.54, 1.807) is 19.0 Å². The maximum atomic E-state index is 11.6. The van der Waals surface area contributed by atoms with Crippen LogP contribution in [0.4, 0.5) is 4.79 Å². The van der Waals surface area contributed by atoms with E-state index in [0.29, 0.717) is 19.6 Å². The van der Waals surface area contributed by atoms with Crippen molar-refractivity contribution in [3.63, 3.8) is 0 Å². The van der Waals surface area contributed by atoms with E-state index in [-0.39, 0.29) is 18.7 Å². The van der Waals surface area contributed by atoms with Gasteiger partial charge < -0.3 is 24.5 Å². The predicted molar refractivity (Wildman–Crippen MR) is 109 cm³/mol. The summed E-state index contributed by atoms with van der Waals surface area (Å²) in [5.74, 6) is 1.70. The zero-order valence-corrected chi connectivity index (χ0v) is 17.2.